The summed E-state index contributed by atoms with van der Waals surface area (Å²) in [6.45, 7) is -3.18. The summed E-state index contributed by atoms with van der Waals surface area (Å²) in [7, 11) is -4.39. The maximum absolute atomic E-state index is 12.2. The monoisotopic (exact) mass is 314 g/mol. The van der Waals surface area contributed by atoms with Crippen molar-refractivity contribution in [2.75, 3.05) is 0 Å². The zero-order chi connectivity index (χ0) is 15.0. The first kappa shape index (κ1) is 14.1. The molecule has 0 aliphatic carbocycles. The molecule has 9 heteroatoms. The van der Waals surface area contributed by atoms with E-state index in [1.165, 1.54) is 9.40 Å². The number of halogens is 2. The molecule has 0 saturated carbocycles. The minimum absolute atomic E-state index is 0.121. The first-order chi connectivity index (χ1) is 9.97. The molecule has 0 fully saturated rings. The lowest BCUT2D eigenvalue weighted by atomic mass is 10.1. The van der Waals surface area contributed by atoms with E-state index in [2.05, 4.69) is 10.1 Å². The summed E-state index contributed by atoms with van der Waals surface area (Å²) >= 11 is 0. The molecule has 0 spiro atoms. The number of sulfonamides is 1. The number of hydrogen-bond acceptors (Lipinski definition) is 4. The molecule has 2 aromatic rings. The van der Waals surface area contributed by atoms with Crippen molar-refractivity contribution in [3.8, 4) is 0 Å². The number of nitrogens with one attached hydrogen (secondary N) is 1. The molecule has 1 N–H and O–H groups in total. The third kappa shape index (κ3) is 2.66. The minimum atomic E-state index is -4.39. The fraction of sp³-hybridized carbons (Fsp3) is 0.333. The largest absolute Gasteiger partial charge is 0.305 e. The van der Waals surface area contributed by atoms with Crippen molar-refractivity contribution in [3.05, 3.63) is 41.7 Å². The standard InChI is InChI=1S/C12H12F2N4O2S/c13-11(14)17-21(19,20)12-15-10-7-6-9(18(10)16-12)8-4-2-1-3-5-8/h1-5,9,11,17H,6-7H2/t9-/m0/s1. The van der Waals surface area contributed by atoms with Gasteiger partial charge >= 0.3 is 6.55 Å². The van der Waals surface area contributed by atoms with Gasteiger partial charge in [-0.05, 0) is 12.0 Å². The van der Waals surface area contributed by atoms with Crippen LogP contribution in [0.3, 0.4) is 0 Å². The molecule has 2 heterocycles. The molecule has 0 bridgehead atoms. The van der Waals surface area contributed by atoms with Crippen molar-refractivity contribution >= 4 is 10.0 Å². The van der Waals surface area contributed by atoms with Crippen molar-refractivity contribution in [1.82, 2.24) is 19.5 Å². The number of nitrogens with zero attached hydrogens (tertiary/aromatic N) is 3. The second-order valence-corrected chi connectivity index (χ2v) is 6.25. The van der Waals surface area contributed by atoms with Gasteiger partial charge in [0.2, 0.25) is 0 Å². The van der Waals surface area contributed by atoms with Crippen LogP contribution in [0, 0.1) is 0 Å². The number of hydrogen-bond donors (Lipinski definition) is 1. The Balaban J connectivity index is 1.95. The van der Waals surface area contributed by atoms with Gasteiger partial charge in [0.15, 0.2) is 0 Å². The van der Waals surface area contributed by atoms with E-state index >= 15 is 0 Å². The van der Waals surface area contributed by atoms with Crippen molar-refractivity contribution in [2.24, 2.45) is 0 Å². The SMILES string of the molecule is O=S(=O)(NC(F)F)c1nc2n(n1)[C@H](c1ccccc1)CC2. The first-order valence-corrected chi connectivity index (χ1v) is 7.76. The van der Waals surface area contributed by atoms with E-state index in [-0.39, 0.29) is 6.04 Å². The normalized spacial score (nSPS) is 18.1. The Hall–Kier alpha value is -1.87. The van der Waals surface area contributed by atoms with Crippen LogP contribution in [0.25, 0.3) is 0 Å². The van der Waals surface area contributed by atoms with Gasteiger partial charge in [-0.25, -0.2) is 18.1 Å². The molecule has 6 nitrogen and oxygen atoms in total. The summed E-state index contributed by atoms with van der Waals surface area (Å²) in [5, 5.41) is 3.28. The summed E-state index contributed by atoms with van der Waals surface area (Å²) in [4.78, 5) is 3.86. The van der Waals surface area contributed by atoms with Crippen LogP contribution in [0.5, 0.6) is 0 Å². The van der Waals surface area contributed by atoms with Gasteiger partial charge < -0.3 is 0 Å². The minimum Gasteiger partial charge on any atom is -0.241 e. The van der Waals surface area contributed by atoms with Crippen LogP contribution in [-0.4, -0.2) is 29.7 Å². The molecule has 3 rings (SSSR count). The van der Waals surface area contributed by atoms with Crippen LogP contribution in [0.4, 0.5) is 8.78 Å². The average molecular weight is 314 g/mol. The fourth-order valence-electron chi connectivity index (χ4n) is 2.41. The Morgan fingerprint density at radius 1 is 1.29 bits per heavy atom. The third-order valence-electron chi connectivity index (χ3n) is 3.29. The molecular weight excluding hydrogens is 302 g/mol. The molecule has 0 amide bonds. The van der Waals surface area contributed by atoms with E-state index in [4.69, 9.17) is 0 Å². The van der Waals surface area contributed by atoms with Crippen LogP contribution in [0.15, 0.2) is 35.5 Å². The average Bonchev–Trinajstić information content (AvgIpc) is 2.98. The van der Waals surface area contributed by atoms with Crippen molar-refractivity contribution < 1.29 is 17.2 Å². The number of aryl methyl sites for hydroxylation is 1. The smallest absolute Gasteiger partial charge is 0.241 e. The summed E-state index contributed by atoms with van der Waals surface area (Å²) in [6, 6.07) is 9.33. The molecule has 112 valence electrons. The predicted octanol–water partition coefficient (Wildman–Crippen LogP) is 1.31. The zero-order valence-corrected chi connectivity index (χ0v) is 11.6. The predicted molar refractivity (Wildman–Crippen MR) is 69.2 cm³/mol. The molecular formula is C12H12F2N4O2S. The molecule has 1 aromatic carbocycles. The Labute approximate surface area is 119 Å². The Bertz CT molecular complexity index is 746. The fourth-order valence-corrected chi connectivity index (χ4v) is 3.17. The summed E-state index contributed by atoms with van der Waals surface area (Å²) in [5.74, 6) is 0.485. The van der Waals surface area contributed by atoms with E-state index in [9.17, 15) is 17.2 Å². The molecule has 0 radical (unpaired) electrons. The highest BCUT2D eigenvalue weighted by atomic mass is 32.2. The van der Waals surface area contributed by atoms with Crippen molar-refractivity contribution in [3.63, 3.8) is 0 Å². The van der Waals surface area contributed by atoms with E-state index in [0.29, 0.717) is 12.2 Å². The topological polar surface area (TPSA) is 76.9 Å². The van der Waals surface area contributed by atoms with E-state index in [1.54, 1.807) is 0 Å². The lowest BCUT2D eigenvalue weighted by Crippen LogP contribution is -2.29. The van der Waals surface area contributed by atoms with Crippen LogP contribution < -0.4 is 4.72 Å². The van der Waals surface area contributed by atoms with E-state index < -0.39 is 21.7 Å². The van der Waals surface area contributed by atoms with Crippen LogP contribution >= 0.6 is 0 Å². The molecule has 1 atom stereocenters. The van der Waals surface area contributed by atoms with Crippen molar-refractivity contribution in [1.29, 1.82) is 0 Å². The number of rotatable bonds is 4. The van der Waals surface area contributed by atoms with Crippen LogP contribution in [0.2, 0.25) is 0 Å². The molecule has 21 heavy (non-hydrogen) atoms. The second kappa shape index (κ2) is 5.15. The highest BCUT2D eigenvalue weighted by molar-refractivity contribution is 7.89. The van der Waals surface area contributed by atoms with E-state index in [0.717, 1.165) is 12.0 Å². The highest BCUT2D eigenvalue weighted by Gasteiger charge is 2.31. The third-order valence-corrected chi connectivity index (χ3v) is 4.43. The number of aromatic nitrogens is 3. The summed E-state index contributed by atoms with van der Waals surface area (Å²) in [6.07, 6.45) is 1.30. The molecule has 1 aliphatic rings. The number of benzene rings is 1. The Morgan fingerprint density at radius 3 is 2.67 bits per heavy atom. The summed E-state index contributed by atoms with van der Waals surface area (Å²) < 4.78 is 50.4. The van der Waals surface area contributed by atoms with Gasteiger partial charge in [0, 0.05) is 6.42 Å². The molecule has 0 saturated heterocycles. The Kier molecular flexibility index (Phi) is 3.46. The molecule has 1 aliphatic heterocycles. The van der Waals surface area contributed by atoms with Crippen LogP contribution in [-0.2, 0) is 16.4 Å². The van der Waals surface area contributed by atoms with Crippen LogP contribution in [0.1, 0.15) is 23.9 Å². The molecule has 0 unspecified atom stereocenters. The highest BCUT2D eigenvalue weighted by Crippen LogP contribution is 2.30. The number of fused-ring (bicyclic) bond motifs is 1. The van der Waals surface area contributed by atoms with Crippen molar-refractivity contribution in [2.45, 2.75) is 30.6 Å². The van der Waals surface area contributed by atoms with Gasteiger partial charge in [0.05, 0.1) is 6.04 Å². The van der Waals surface area contributed by atoms with Gasteiger partial charge in [0.1, 0.15) is 5.82 Å². The lowest BCUT2D eigenvalue weighted by molar-refractivity contribution is 0.136. The maximum atomic E-state index is 12.2. The lowest BCUT2D eigenvalue weighted by Gasteiger charge is -2.11. The maximum Gasteiger partial charge on any atom is 0.305 e. The second-order valence-electron chi connectivity index (χ2n) is 4.64. The van der Waals surface area contributed by atoms with Gasteiger partial charge in [-0.3, -0.25) is 0 Å². The number of alkyl halides is 2. The van der Waals surface area contributed by atoms with Gasteiger partial charge in [-0.15, -0.1) is 9.82 Å². The van der Waals surface area contributed by atoms with Gasteiger partial charge in [0.25, 0.3) is 15.2 Å². The zero-order valence-electron chi connectivity index (χ0n) is 10.8. The van der Waals surface area contributed by atoms with Gasteiger partial charge in [-0.1, -0.05) is 30.3 Å². The van der Waals surface area contributed by atoms with E-state index in [1.807, 2.05) is 30.3 Å². The molecule has 1 aromatic heterocycles. The quantitative estimate of drug-likeness (QED) is 0.863. The first-order valence-electron chi connectivity index (χ1n) is 6.28. The Morgan fingerprint density at radius 2 is 2.00 bits per heavy atom. The summed E-state index contributed by atoms with van der Waals surface area (Å²) in [5.41, 5.74) is 0.979. The van der Waals surface area contributed by atoms with Gasteiger partial charge in [-0.2, -0.15) is 8.78 Å².